The van der Waals surface area contributed by atoms with Gasteiger partial charge in [0.25, 0.3) is 0 Å². The Kier molecular flexibility index (Phi) is 4.24. The molecule has 0 aliphatic heterocycles. The van der Waals surface area contributed by atoms with E-state index in [1.807, 2.05) is 0 Å². The third kappa shape index (κ3) is 3.30. The lowest BCUT2D eigenvalue weighted by Gasteiger charge is -2.37. The van der Waals surface area contributed by atoms with Gasteiger partial charge in [-0.1, -0.05) is 33.6 Å². The van der Waals surface area contributed by atoms with Crippen LogP contribution in [-0.4, -0.2) is 24.5 Å². The van der Waals surface area contributed by atoms with Crippen LogP contribution in [0.3, 0.4) is 0 Å². The summed E-state index contributed by atoms with van der Waals surface area (Å²) in [6.07, 6.45) is 5.75. The molecule has 78 valence electrons. The van der Waals surface area contributed by atoms with Crippen molar-refractivity contribution in [3.63, 3.8) is 0 Å². The summed E-state index contributed by atoms with van der Waals surface area (Å²) in [6, 6.07) is 0.858. The summed E-state index contributed by atoms with van der Waals surface area (Å²) in [7, 11) is 2.30. The quantitative estimate of drug-likeness (QED) is 0.649. The molecule has 1 heteroatoms. The zero-order chi connectivity index (χ0) is 9.84. The molecule has 0 heterocycles. The van der Waals surface area contributed by atoms with Gasteiger partial charge in [0.1, 0.15) is 0 Å². The molecule has 0 aromatic rings. The smallest absolute Gasteiger partial charge is 0.0118 e. The molecule has 0 saturated heterocycles. The van der Waals surface area contributed by atoms with Crippen LogP contribution in [0.25, 0.3) is 0 Å². The molecular weight excluding hydrogens is 158 g/mol. The summed E-state index contributed by atoms with van der Waals surface area (Å²) in [6.45, 7) is 8.30. The van der Waals surface area contributed by atoms with Crippen molar-refractivity contribution in [1.29, 1.82) is 0 Å². The first-order chi connectivity index (χ1) is 6.11. The van der Waals surface area contributed by atoms with E-state index in [-0.39, 0.29) is 0 Å². The van der Waals surface area contributed by atoms with Crippen LogP contribution in [0.4, 0.5) is 0 Å². The largest absolute Gasteiger partial charge is 0.303 e. The van der Waals surface area contributed by atoms with Crippen LogP contribution < -0.4 is 0 Å². The normalized spacial score (nSPS) is 30.0. The van der Waals surface area contributed by atoms with Crippen molar-refractivity contribution in [3.8, 4) is 0 Å². The highest BCUT2D eigenvalue weighted by Gasteiger charge is 2.24. The molecule has 0 spiro atoms. The number of hydrogen-bond donors (Lipinski definition) is 0. The molecular formula is C12H25N. The van der Waals surface area contributed by atoms with Gasteiger partial charge < -0.3 is 4.90 Å². The summed E-state index contributed by atoms with van der Waals surface area (Å²) < 4.78 is 0. The third-order valence-corrected chi connectivity index (χ3v) is 3.29. The van der Waals surface area contributed by atoms with Crippen LogP contribution in [0, 0.1) is 11.8 Å². The van der Waals surface area contributed by atoms with Crippen molar-refractivity contribution in [2.24, 2.45) is 11.8 Å². The molecule has 1 saturated carbocycles. The fourth-order valence-corrected chi connectivity index (χ4v) is 2.66. The Morgan fingerprint density at radius 1 is 1.23 bits per heavy atom. The van der Waals surface area contributed by atoms with Crippen molar-refractivity contribution in [2.75, 3.05) is 13.6 Å². The van der Waals surface area contributed by atoms with E-state index in [0.717, 1.165) is 17.9 Å². The van der Waals surface area contributed by atoms with Crippen molar-refractivity contribution < 1.29 is 0 Å². The van der Waals surface area contributed by atoms with Crippen molar-refractivity contribution in [1.82, 2.24) is 4.90 Å². The summed E-state index contributed by atoms with van der Waals surface area (Å²) in [4.78, 5) is 2.58. The van der Waals surface area contributed by atoms with Gasteiger partial charge in [-0.15, -0.1) is 0 Å². The molecule has 0 aromatic carbocycles. The molecule has 1 aliphatic carbocycles. The fourth-order valence-electron chi connectivity index (χ4n) is 2.66. The van der Waals surface area contributed by atoms with Crippen LogP contribution in [0.2, 0.25) is 0 Å². The number of nitrogens with zero attached hydrogens (tertiary/aromatic N) is 1. The minimum absolute atomic E-state index is 0.805. The van der Waals surface area contributed by atoms with Crippen LogP contribution in [0.5, 0.6) is 0 Å². The highest BCUT2D eigenvalue weighted by molar-refractivity contribution is 4.79. The molecule has 1 rings (SSSR count). The molecule has 2 atom stereocenters. The predicted octanol–water partition coefficient (Wildman–Crippen LogP) is 3.15. The fraction of sp³-hybridized carbons (Fsp3) is 1.00. The van der Waals surface area contributed by atoms with E-state index >= 15 is 0 Å². The molecule has 0 bridgehead atoms. The van der Waals surface area contributed by atoms with E-state index in [4.69, 9.17) is 0 Å². The monoisotopic (exact) mass is 183 g/mol. The zero-order valence-corrected chi connectivity index (χ0v) is 9.71. The Morgan fingerprint density at radius 3 is 2.38 bits per heavy atom. The van der Waals surface area contributed by atoms with E-state index < -0.39 is 0 Å². The molecule has 0 amide bonds. The topological polar surface area (TPSA) is 3.24 Å². The maximum Gasteiger partial charge on any atom is 0.0118 e. The first-order valence-electron chi connectivity index (χ1n) is 5.81. The minimum Gasteiger partial charge on any atom is -0.303 e. The van der Waals surface area contributed by atoms with Crippen LogP contribution in [-0.2, 0) is 0 Å². The molecule has 1 aliphatic rings. The van der Waals surface area contributed by atoms with Crippen LogP contribution in [0.15, 0.2) is 0 Å². The second-order valence-electron chi connectivity index (χ2n) is 5.16. The number of rotatable bonds is 3. The molecule has 0 aromatic heterocycles. The minimum atomic E-state index is 0.805. The van der Waals surface area contributed by atoms with Gasteiger partial charge in [0.15, 0.2) is 0 Å². The average Bonchev–Trinajstić information content (AvgIpc) is 2.03. The Balaban J connectivity index is 2.39. The second-order valence-corrected chi connectivity index (χ2v) is 5.16. The van der Waals surface area contributed by atoms with Crippen LogP contribution >= 0.6 is 0 Å². The molecule has 1 fully saturated rings. The first-order valence-corrected chi connectivity index (χ1v) is 5.81. The maximum absolute atomic E-state index is 2.58. The van der Waals surface area contributed by atoms with Gasteiger partial charge in [-0.2, -0.15) is 0 Å². The van der Waals surface area contributed by atoms with Crippen molar-refractivity contribution in [3.05, 3.63) is 0 Å². The number of hydrogen-bond acceptors (Lipinski definition) is 1. The third-order valence-electron chi connectivity index (χ3n) is 3.29. The Hall–Kier alpha value is -0.0400. The lowest BCUT2D eigenvalue weighted by molar-refractivity contribution is 0.127. The molecule has 0 N–H and O–H groups in total. The van der Waals surface area contributed by atoms with E-state index in [9.17, 15) is 0 Å². The molecule has 2 unspecified atom stereocenters. The summed E-state index contributed by atoms with van der Waals surface area (Å²) >= 11 is 0. The maximum atomic E-state index is 2.58. The highest BCUT2D eigenvalue weighted by Crippen LogP contribution is 2.27. The Labute approximate surface area is 83.5 Å². The SMILES string of the molecule is CC(C)CN(C)C1CCCCC1C. The van der Waals surface area contributed by atoms with Gasteiger partial charge in [0, 0.05) is 12.6 Å². The highest BCUT2D eigenvalue weighted by atomic mass is 15.1. The summed E-state index contributed by atoms with van der Waals surface area (Å²) in [5.74, 6) is 1.72. The standard InChI is InChI=1S/C12H25N/c1-10(2)9-13(4)12-8-6-5-7-11(12)3/h10-12H,5-9H2,1-4H3. The van der Waals surface area contributed by atoms with Gasteiger partial charge in [0.05, 0.1) is 0 Å². The molecule has 13 heavy (non-hydrogen) atoms. The lowest BCUT2D eigenvalue weighted by Crippen LogP contribution is -2.40. The predicted molar refractivity (Wildman–Crippen MR) is 58.9 cm³/mol. The van der Waals surface area contributed by atoms with E-state index in [2.05, 4.69) is 32.7 Å². The van der Waals surface area contributed by atoms with Gasteiger partial charge in [-0.05, 0) is 31.7 Å². The van der Waals surface area contributed by atoms with E-state index in [1.165, 1.54) is 32.2 Å². The lowest BCUT2D eigenvalue weighted by atomic mass is 9.85. The van der Waals surface area contributed by atoms with Gasteiger partial charge in [-0.3, -0.25) is 0 Å². The van der Waals surface area contributed by atoms with Gasteiger partial charge >= 0.3 is 0 Å². The van der Waals surface area contributed by atoms with Gasteiger partial charge in [-0.25, -0.2) is 0 Å². The summed E-state index contributed by atoms with van der Waals surface area (Å²) in [5.41, 5.74) is 0. The van der Waals surface area contributed by atoms with Crippen molar-refractivity contribution in [2.45, 2.75) is 52.5 Å². The first kappa shape index (κ1) is 11.0. The van der Waals surface area contributed by atoms with E-state index in [0.29, 0.717) is 0 Å². The molecule has 1 nitrogen and oxygen atoms in total. The zero-order valence-electron chi connectivity index (χ0n) is 9.71. The second kappa shape index (κ2) is 4.99. The summed E-state index contributed by atoms with van der Waals surface area (Å²) in [5, 5.41) is 0. The van der Waals surface area contributed by atoms with Crippen LogP contribution in [0.1, 0.15) is 46.5 Å². The van der Waals surface area contributed by atoms with Crippen molar-refractivity contribution >= 4 is 0 Å². The van der Waals surface area contributed by atoms with Gasteiger partial charge in [0.2, 0.25) is 0 Å². The Bertz CT molecular complexity index is 142. The van der Waals surface area contributed by atoms with E-state index in [1.54, 1.807) is 0 Å². The Morgan fingerprint density at radius 2 is 1.85 bits per heavy atom. The molecule has 0 radical (unpaired) electrons. The average molecular weight is 183 g/mol.